The second kappa shape index (κ2) is 3.04. The number of ether oxygens (including phenoxy) is 1. The molecule has 1 unspecified atom stereocenters. The fraction of sp³-hybridized carbons (Fsp3) is 0.455. The van der Waals surface area contributed by atoms with Crippen LogP contribution in [-0.2, 0) is 0 Å². The summed E-state index contributed by atoms with van der Waals surface area (Å²) in [7, 11) is 0. The molecule has 1 aliphatic heterocycles. The molecule has 0 aromatic heterocycles. The molecule has 1 aromatic rings. The maximum atomic E-state index is 5.85. The summed E-state index contributed by atoms with van der Waals surface area (Å²) >= 11 is 0. The molecular weight excluding hydrogens is 162 g/mol. The van der Waals surface area contributed by atoms with Gasteiger partial charge in [-0.2, -0.15) is 0 Å². The molecular formula is C11H15NO. The van der Waals surface area contributed by atoms with Gasteiger partial charge in [0.25, 0.3) is 0 Å². The molecule has 70 valence electrons. The molecule has 0 saturated heterocycles. The van der Waals surface area contributed by atoms with Gasteiger partial charge in [-0.05, 0) is 17.5 Å². The van der Waals surface area contributed by atoms with E-state index in [0.717, 1.165) is 11.3 Å². The lowest BCUT2D eigenvalue weighted by molar-refractivity contribution is 0.333. The van der Waals surface area contributed by atoms with Gasteiger partial charge in [0.15, 0.2) is 0 Å². The van der Waals surface area contributed by atoms with Crippen LogP contribution in [0, 0.1) is 0 Å². The van der Waals surface area contributed by atoms with E-state index in [1.807, 2.05) is 0 Å². The Morgan fingerprint density at radius 1 is 1.46 bits per heavy atom. The molecule has 0 fully saturated rings. The minimum atomic E-state index is 0.0659. The summed E-state index contributed by atoms with van der Waals surface area (Å²) < 4.78 is 5.48. The van der Waals surface area contributed by atoms with Crippen molar-refractivity contribution < 1.29 is 4.74 Å². The van der Waals surface area contributed by atoms with Crippen molar-refractivity contribution in [3.8, 4) is 5.75 Å². The number of nitrogens with two attached hydrogens (primary N) is 1. The molecule has 2 nitrogen and oxygen atoms in total. The lowest BCUT2D eigenvalue weighted by Gasteiger charge is -2.07. The molecule has 0 aliphatic carbocycles. The van der Waals surface area contributed by atoms with E-state index in [-0.39, 0.29) is 6.04 Å². The number of rotatable bonds is 1. The average Bonchev–Trinajstić information content (AvgIpc) is 2.47. The molecule has 0 amide bonds. The summed E-state index contributed by atoms with van der Waals surface area (Å²) in [5.41, 5.74) is 8.30. The van der Waals surface area contributed by atoms with Crippen molar-refractivity contribution in [1.82, 2.24) is 0 Å². The van der Waals surface area contributed by atoms with Crippen molar-refractivity contribution in [3.05, 3.63) is 29.3 Å². The Bertz CT molecular complexity index is 320. The third-order valence-corrected chi connectivity index (χ3v) is 2.52. The standard InChI is InChI=1S/C11H15NO/c1-7(2)8-3-4-9-10(12)6-13-11(9)5-8/h3-5,7,10H,6,12H2,1-2H3. The summed E-state index contributed by atoms with van der Waals surface area (Å²) in [5.74, 6) is 1.52. The molecule has 1 aromatic carbocycles. The van der Waals surface area contributed by atoms with Crippen molar-refractivity contribution in [2.45, 2.75) is 25.8 Å². The molecule has 2 heteroatoms. The van der Waals surface area contributed by atoms with Crippen molar-refractivity contribution >= 4 is 0 Å². The lowest BCUT2D eigenvalue weighted by Crippen LogP contribution is -2.10. The van der Waals surface area contributed by atoms with E-state index in [4.69, 9.17) is 10.5 Å². The second-order valence-corrected chi connectivity index (χ2v) is 3.87. The summed E-state index contributed by atoms with van der Waals surface area (Å²) in [6, 6.07) is 6.39. The molecule has 2 rings (SSSR count). The smallest absolute Gasteiger partial charge is 0.124 e. The zero-order valence-corrected chi connectivity index (χ0v) is 8.08. The molecule has 1 heterocycles. The summed E-state index contributed by atoms with van der Waals surface area (Å²) in [6.45, 7) is 4.98. The Balaban J connectivity index is 2.40. The first-order valence-electron chi connectivity index (χ1n) is 4.70. The summed E-state index contributed by atoms with van der Waals surface area (Å²) in [6.07, 6.45) is 0. The average molecular weight is 177 g/mol. The molecule has 13 heavy (non-hydrogen) atoms. The normalized spacial score (nSPS) is 20.2. The number of benzene rings is 1. The number of hydrogen-bond acceptors (Lipinski definition) is 2. The molecule has 0 saturated carbocycles. The predicted molar refractivity (Wildman–Crippen MR) is 53.0 cm³/mol. The van der Waals surface area contributed by atoms with Gasteiger partial charge in [-0.25, -0.2) is 0 Å². The van der Waals surface area contributed by atoms with Crippen LogP contribution in [0.1, 0.15) is 36.9 Å². The van der Waals surface area contributed by atoms with Crippen LogP contribution in [-0.4, -0.2) is 6.61 Å². The Hall–Kier alpha value is -1.02. The highest BCUT2D eigenvalue weighted by Crippen LogP contribution is 2.33. The topological polar surface area (TPSA) is 35.2 Å². The molecule has 0 spiro atoms. The van der Waals surface area contributed by atoms with E-state index in [2.05, 4.69) is 32.0 Å². The Morgan fingerprint density at radius 3 is 2.92 bits per heavy atom. The first-order valence-corrected chi connectivity index (χ1v) is 4.70. The molecule has 2 N–H and O–H groups in total. The van der Waals surface area contributed by atoms with Crippen LogP contribution in [0.5, 0.6) is 5.75 Å². The molecule has 0 bridgehead atoms. The van der Waals surface area contributed by atoms with E-state index >= 15 is 0 Å². The third kappa shape index (κ3) is 1.42. The van der Waals surface area contributed by atoms with Gasteiger partial charge in [-0.3, -0.25) is 0 Å². The zero-order chi connectivity index (χ0) is 9.42. The van der Waals surface area contributed by atoms with Gasteiger partial charge in [-0.1, -0.05) is 26.0 Å². The van der Waals surface area contributed by atoms with Crippen molar-refractivity contribution in [1.29, 1.82) is 0 Å². The van der Waals surface area contributed by atoms with E-state index in [9.17, 15) is 0 Å². The number of hydrogen-bond donors (Lipinski definition) is 1. The van der Waals surface area contributed by atoms with Crippen molar-refractivity contribution in [3.63, 3.8) is 0 Å². The Labute approximate surface area is 78.7 Å². The minimum Gasteiger partial charge on any atom is -0.491 e. The second-order valence-electron chi connectivity index (χ2n) is 3.87. The predicted octanol–water partition coefficient (Wildman–Crippen LogP) is 2.20. The Morgan fingerprint density at radius 2 is 2.23 bits per heavy atom. The molecule has 1 atom stereocenters. The quantitative estimate of drug-likeness (QED) is 0.713. The highest BCUT2D eigenvalue weighted by atomic mass is 16.5. The van der Waals surface area contributed by atoms with Gasteiger partial charge in [-0.15, -0.1) is 0 Å². The highest BCUT2D eigenvalue weighted by Gasteiger charge is 2.20. The van der Waals surface area contributed by atoms with E-state index < -0.39 is 0 Å². The van der Waals surface area contributed by atoms with Gasteiger partial charge in [0.1, 0.15) is 12.4 Å². The third-order valence-electron chi connectivity index (χ3n) is 2.52. The van der Waals surface area contributed by atoms with Gasteiger partial charge < -0.3 is 10.5 Å². The summed E-state index contributed by atoms with van der Waals surface area (Å²) in [5, 5.41) is 0. The van der Waals surface area contributed by atoms with E-state index in [1.165, 1.54) is 5.56 Å². The first kappa shape index (κ1) is 8.57. The molecule has 0 radical (unpaired) electrons. The highest BCUT2D eigenvalue weighted by molar-refractivity contribution is 5.43. The van der Waals surface area contributed by atoms with Crippen LogP contribution in [0.2, 0.25) is 0 Å². The first-order chi connectivity index (χ1) is 6.18. The maximum absolute atomic E-state index is 5.85. The molecule has 1 aliphatic rings. The van der Waals surface area contributed by atoms with Crippen molar-refractivity contribution in [2.24, 2.45) is 5.73 Å². The fourth-order valence-electron chi connectivity index (χ4n) is 1.61. The van der Waals surface area contributed by atoms with Gasteiger partial charge in [0, 0.05) is 5.56 Å². The SMILES string of the molecule is CC(C)c1ccc2c(c1)OCC2N. The van der Waals surface area contributed by atoms with Crippen LogP contribution in [0.15, 0.2) is 18.2 Å². The van der Waals surface area contributed by atoms with Crippen LogP contribution in [0.4, 0.5) is 0 Å². The van der Waals surface area contributed by atoms with Crippen LogP contribution < -0.4 is 10.5 Å². The summed E-state index contributed by atoms with van der Waals surface area (Å²) in [4.78, 5) is 0. The Kier molecular flexibility index (Phi) is 2.00. The van der Waals surface area contributed by atoms with Crippen molar-refractivity contribution in [2.75, 3.05) is 6.61 Å². The van der Waals surface area contributed by atoms with Crippen LogP contribution in [0.25, 0.3) is 0 Å². The fourth-order valence-corrected chi connectivity index (χ4v) is 1.61. The van der Waals surface area contributed by atoms with Crippen LogP contribution >= 0.6 is 0 Å². The lowest BCUT2D eigenvalue weighted by atomic mass is 10.00. The van der Waals surface area contributed by atoms with Gasteiger partial charge >= 0.3 is 0 Å². The zero-order valence-electron chi connectivity index (χ0n) is 8.08. The monoisotopic (exact) mass is 177 g/mol. The van der Waals surface area contributed by atoms with Gasteiger partial charge in [0.2, 0.25) is 0 Å². The largest absolute Gasteiger partial charge is 0.491 e. The van der Waals surface area contributed by atoms with Crippen LogP contribution in [0.3, 0.4) is 0 Å². The van der Waals surface area contributed by atoms with E-state index in [0.29, 0.717) is 12.5 Å². The minimum absolute atomic E-state index is 0.0659. The maximum Gasteiger partial charge on any atom is 0.124 e. The number of fused-ring (bicyclic) bond motifs is 1. The van der Waals surface area contributed by atoms with E-state index in [1.54, 1.807) is 0 Å². The van der Waals surface area contributed by atoms with Gasteiger partial charge in [0.05, 0.1) is 6.04 Å².